The van der Waals surface area contributed by atoms with Crippen LogP contribution in [0.5, 0.6) is 0 Å². The van der Waals surface area contributed by atoms with E-state index in [1.807, 2.05) is 35.2 Å². The van der Waals surface area contributed by atoms with E-state index in [0.717, 1.165) is 25.1 Å². The number of piperidine rings is 2. The number of likely N-dealkylation sites (tertiary alicyclic amines) is 2. The van der Waals surface area contributed by atoms with E-state index >= 15 is 0 Å². The van der Waals surface area contributed by atoms with Gasteiger partial charge in [-0.2, -0.15) is 0 Å². The molecule has 0 aromatic heterocycles. The largest absolute Gasteiger partial charge is 0.385 e. The second kappa shape index (κ2) is 6.95. The average molecular weight is 358 g/mol. The molecule has 3 fully saturated rings. The fourth-order valence-corrected chi connectivity index (χ4v) is 4.49. The van der Waals surface area contributed by atoms with Gasteiger partial charge in [-0.3, -0.25) is 9.69 Å². The van der Waals surface area contributed by atoms with E-state index in [9.17, 15) is 15.0 Å². The molecule has 1 atom stereocenters. The average Bonchev–Trinajstić information content (AvgIpc) is 3.46. The third kappa shape index (κ3) is 3.66. The highest BCUT2D eigenvalue weighted by Crippen LogP contribution is 2.35. The zero-order valence-corrected chi connectivity index (χ0v) is 15.4. The Labute approximate surface area is 155 Å². The maximum absolute atomic E-state index is 12.8. The second-order valence-electron chi connectivity index (χ2n) is 8.50. The Morgan fingerprint density at radius 3 is 2.35 bits per heavy atom. The molecule has 1 aliphatic carbocycles. The third-order valence-electron chi connectivity index (χ3n) is 6.36. The van der Waals surface area contributed by atoms with Crippen LogP contribution >= 0.6 is 0 Å². The van der Waals surface area contributed by atoms with Crippen molar-refractivity contribution in [2.45, 2.75) is 49.7 Å². The van der Waals surface area contributed by atoms with Crippen LogP contribution in [0.1, 0.15) is 44.1 Å². The van der Waals surface area contributed by atoms with Crippen molar-refractivity contribution in [1.29, 1.82) is 0 Å². The first-order valence-corrected chi connectivity index (χ1v) is 10.0. The summed E-state index contributed by atoms with van der Waals surface area (Å²) in [5, 5.41) is 22.0. The zero-order valence-electron chi connectivity index (χ0n) is 15.4. The van der Waals surface area contributed by atoms with Gasteiger partial charge in [-0.15, -0.1) is 0 Å². The molecule has 5 nitrogen and oxygen atoms in total. The van der Waals surface area contributed by atoms with Crippen LogP contribution in [0.25, 0.3) is 0 Å². The Hall–Kier alpha value is -1.43. The second-order valence-corrected chi connectivity index (χ2v) is 8.50. The number of carbonyl (C=O) groups excluding carboxylic acids is 1. The molecule has 2 N–H and O–H groups in total. The van der Waals surface area contributed by atoms with Crippen molar-refractivity contribution in [3.8, 4) is 0 Å². The van der Waals surface area contributed by atoms with E-state index in [-0.39, 0.29) is 5.91 Å². The lowest BCUT2D eigenvalue weighted by atomic mass is 9.83. The monoisotopic (exact) mass is 358 g/mol. The van der Waals surface area contributed by atoms with Crippen molar-refractivity contribution in [2.24, 2.45) is 5.92 Å². The van der Waals surface area contributed by atoms with Crippen molar-refractivity contribution in [3.63, 3.8) is 0 Å². The molecule has 26 heavy (non-hydrogen) atoms. The molecule has 2 heterocycles. The highest BCUT2D eigenvalue weighted by atomic mass is 16.3. The lowest BCUT2D eigenvalue weighted by molar-refractivity contribution is -0.161. The Morgan fingerprint density at radius 1 is 1.00 bits per heavy atom. The summed E-state index contributed by atoms with van der Waals surface area (Å²) < 4.78 is 0. The van der Waals surface area contributed by atoms with Crippen LogP contribution in [0.4, 0.5) is 0 Å². The minimum Gasteiger partial charge on any atom is -0.385 e. The number of β-amino-alcohol motifs (C(OH)–C–C–N with tert-alkyl or cyclic N) is 1. The van der Waals surface area contributed by atoms with E-state index in [0.29, 0.717) is 44.8 Å². The van der Waals surface area contributed by atoms with Crippen molar-refractivity contribution in [2.75, 3.05) is 32.7 Å². The first kappa shape index (κ1) is 18.0. The van der Waals surface area contributed by atoms with Crippen LogP contribution in [0.2, 0.25) is 0 Å². The molecule has 5 heteroatoms. The van der Waals surface area contributed by atoms with Crippen molar-refractivity contribution < 1.29 is 15.0 Å². The SMILES string of the molecule is O=C1N(CC2CC2)CCC[C@]1(O)CN1CCC(O)(c2ccccc2)CC1. The maximum Gasteiger partial charge on any atom is 0.255 e. The molecule has 142 valence electrons. The van der Waals surface area contributed by atoms with Gasteiger partial charge in [0.1, 0.15) is 0 Å². The number of aliphatic hydroxyl groups is 2. The van der Waals surface area contributed by atoms with E-state index in [4.69, 9.17) is 0 Å². The fourth-order valence-electron chi connectivity index (χ4n) is 4.49. The van der Waals surface area contributed by atoms with Crippen LogP contribution in [-0.2, 0) is 10.4 Å². The quantitative estimate of drug-likeness (QED) is 0.841. The molecule has 0 spiro atoms. The topological polar surface area (TPSA) is 64.0 Å². The molecule has 1 amide bonds. The Balaban J connectivity index is 1.36. The number of hydrogen-bond acceptors (Lipinski definition) is 4. The molecule has 0 bridgehead atoms. The van der Waals surface area contributed by atoms with Gasteiger partial charge >= 0.3 is 0 Å². The van der Waals surface area contributed by atoms with Gasteiger partial charge in [-0.1, -0.05) is 30.3 Å². The summed E-state index contributed by atoms with van der Waals surface area (Å²) >= 11 is 0. The smallest absolute Gasteiger partial charge is 0.255 e. The molecule has 3 aliphatic rings. The molecular formula is C21H30N2O3. The lowest BCUT2D eigenvalue weighted by Crippen LogP contribution is -2.60. The van der Waals surface area contributed by atoms with Gasteiger partial charge in [-0.25, -0.2) is 0 Å². The Kier molecular flexibility index (Phi) is 4.80. The summed E-state index contributed by atoms with van der Waals surface area (Å²) in [6, 6.07) is 9.82. The molecule has 1 aromatic carbocycles. The predicted octanol–water partition coefficient (Wildman–Crippen LogP) is 1.73. The van der Waals surface area contributed by atoms with Crippen LogP contribution < -0.4 is 0 Å². The number of amides is 1. The molecule has 1 saturated carbocycles. The van der Waals surface area contributed by atoms with Crippen LogP contribution in [0, 0.1) is 5.92 Å². The summed E-state index contributed by atoms with van der Waals surface area (Å²) in [6.07, 6.45) is 5.11. The maximum atomic E-state index is 12.8. The summed E-state index contributed by atoms with van der Waals surface area (Å²) in [6.45, 7) is 3.38. The predicted molar refractivity (Wildman–Crippen MR) is 99.5 cm³/mol. The number of benzene rings is 1. The first-order valence-electron chi connectivity index (χ1n) is 10.0. The standard InChI is InChI=1S/C21H30N2O3/c24-19-21(26,9-4-12-23(19)15-17-7-8-17)16-22-13-10-20(25,11-14-22)18-5-2-1-3-6-18/h1-3,5-6,17,25-26H,4,7-16H2/t21-/m0/s1. The third-order valence-corrected chi connectivity index (χ3v) is 6.36. The summed E-state index contributed by atoms with van der Waals surface area (Å²) in [4.78, 5) is 16.9. The van der Waals surface area contributed by atoms with Gasteiger partial charge in [0.2, 0.25) is 0 Å². The summed E-state index contributed by atoms with van der Waals surface area (Å²) in [5.74, 6) is 0.566. The highest BCUT2D eigenvalue weighted by Gasteiger charge is 2.45. The van der Waals surface area contributed by atoms with Gasteiger partial charge in [-0.05, 0) is 50.0 Å². The molecule has 0 radical (unpaired) electrons. The minimum atomic E-state index is -1.25. The van der Waals surface area contributed by atoms with Crippen molar-refractivity contribution >= 4 is 5.91 Å². The zero-order chi connectivity index (χ0) is 18.2. The van der Waals surface area contributed by atoms with Gasteiger partial charge in [0.25, 0.3) is 5.91 Å². The number of rotatable bonds is 5. The van der Waals surface area contributed by atoms with Crippen LogP contribution in [-0.4, -0.2) is 64.2 Å². The van der Waals surface area contributed by atoms with Gasteiger partial charge in [0.15, 0.2) is 5.60 Å². The van der Waals surface area contributed by atoms with Gasteiger partial charge in [0.05, 0.1) is 5.60 Å². The number of carbonyl (C=O) groups is 1. The van der Waals surface area contributed by atoms with Gasteiger partial charge < -0.3 is 15.1 Å². The molecule has 2 aliphatic heterocycles. The van der Waals surface area contributed by atoms with Gasteiger partial charge in [0, 0.05) is 32.7 Å². The number of nitrogens with zero attached hydrogens (tertiary/aromatic N) is 2. The molecule has 2 saturated heterocycles. The molecule has 4 rings (SSSR count). The van der Waals surface area contributed by atoms with Crippen LogP contribution in [0.3, 0.4) is 0 Å². The first-order chi connectivity index (χ1) is 12.5. The normalized spacial score (nSPS) is 29.8. The van der Waals surface area contributed by atoms with Crippen molar-refractivity contribution in [1.82, 2.24) is 9.80 Å². The minimum absolute atomic E-state index is 0.0838. The van der Waals surface area contributed by atoms with E-state index < -0.39 is 11.2 Å². The lowest BCUT2D eigenvalue weighted by Gasteiger charge is -2.44. The Bertz CT molecular complexity index is 638. The number of hydrogen-bond donors (Lipinski definition) is 2. The van der Waals surface area contributed by atoms with Crippen molar-refractivity contribution in [3.05, 3.63) is 35.9 Å². The Morgan fingerprint density at radius 2 is 1.69 bits per heavy atom. The fraction of sp³-hybridized carbons (Fsp3) is 0.667. The van der Waals surface area contributed by atoms with E-state index in [2.05, 4.69) is 4.90 Å². The molecule has 0 unspecified atom stereocenters. The highest BCUT2D eigenvalue weighted by molar-refractivity contribution is 5.86. The molecular weight excluding hydrogens is 328 g/mol. The van der Waals surface area contributed by atoms with E-state index in [1.165, 1.54) is 12.8 Å². The van der Waals surface area contributed by atoms with E-state index in [1.54, 1.807) is 0 Å². The van der Waals surface area contributed by atoms with Crippen LogP contribution in [0.15, 0.2) is 30.3 Å². The summed E-state index contributed by atoms with van der Waals surface area (Å²) in [5.41, 5.74) is -1.09. The molecule has 1 aromatic rings. The summed E-state index contributed by atoms with van der Waals surface area (Å²) in [7, 11) is 0.